The number of para-hydroxylation sites is 1. The molecule has 0 spiro atoms. The number of sulfonamides is 1. The van der Waals surface area contributed by atoms with E-state index >= 15 is 0 Å². The highest BCUT2D eigenvalue weighted by Gasteiger charge is 2.30. The number of anilines is 1. The monoisotopic (exact) mass is 392 g/mol. The van der Waals surface area contributed by atoms with Gasteiger partial charge in [0.25, 0.3) is 0 Å². The van der Waals surface area contributed by atoms with Crippen molar-refractivity contribution in [2.45, 2.75) is 24.7 Å². The lowest BCUT2D eigenvalue weighted by atomic mass is 10.2. The number of hydrogen-bond donors (Lipinski definition) is 0. The summed E-state index contributed by atoms with van der Waals surface area (Å²) in [5.74, 6) is -0.214. The van der Waals surface area contributed by atoms with Crippen LogP contribution in [0.5, 0.6) is 0 Å². The van der Waals surface area contributed by atoms with E-state index in [4.69, 9.17) is 11.6 Å². The molecule has 138 valence electrons. The van der Waals surface area contributed by atoms with Gasteiger partial charge in [0.2, 0.25) is 15.9 Å². The van der Waals surface area contributed by atoms with Crippen molar-refractivity contribution in [3.63, 3.8) is 0 Å². The Kier molecular flexibility index (Phi) is 5.65. The van der Waals surface area contributed by atoms with Crippen molar-refractivity contribution in [2.24, 2.45) is 0 Å². The second-order valence-corrected chi connectivity index (χ2v) is 8.59. The van der Waals surface area contributed by atoms with E-state index in [0.717, 1.165) is 17.7 Å². The second-order valence-electron chi connectivity index (χ2n) is 6.22. The zero-order valence-corrected chi connectivity index (χ0v) is 16.1. The van der Waals surface area contributed by atoms with Crippen LogP contribution >= 0.6 is 11.6 Å². The molecule has 0 saturated heterocycles. The van der Waals surface area contributed by atoms with Crippen molar-refractivity contribution in [1.82, 2.24) is 4.31 Å². The lowest BCUT2D eigenvalue weighted by molar-refractivity contribution is -0.118. The minimum atomic E-state index is -3.79. The Morgan fingerprint density at radius 2 is 1.96 bits per heavy atom. The van der Waals surface area contributed by atoms with Gasteiger partial charge in [-0.15, -0.1) is 0 Å². The number of fused-ring (bicyclic) bond motifs is 1. The van der Waals surface area contributed by atoms with Crippen LogP contribution in [0, 0.1) is 0 Å². The molecule has 1 heterocycles. The first-order valence-electron chi connectivity index (χ1n) is 8.57. The molecule has 2 aromatic carbocycles. The van der Waals surface area contributed by atoms with Crippen LogP contribution in [-0.2, 0) is 21.2 Å². The molecule has 3 rings (SSSR count). The molecule has 0 aliphatic carbocycles. The van der Waals surface area contributed by atoms with Gasteiger partial charge in [0.15, 0.2) is 0 Å². The van der Waals surface area contributed by atoms with Crippen molar-refractivity contribution in [1.29, 1.82) is 0 Å². The average Bonchev–Trinajstić information content (AvgIpc) is 3.05. The van der Waals surface area contributed by atoms with Gasteiger partial charge in [-0.25, -0.2) is 8.42 Å². The fraction of sp³-hybridized carbons (Fsp3) is 0.316. The molecule has 2 aromatic rings. The Morgan fingerprint density at radius 3 is 2.69 bits per heavy atom. The van der Waals surface area contributed by atoms with Crippen molar-refractivity contribution in [2.75, 3.05) is 24.5 Å². The molecule has 5 nitrogen and oxygen atoms in total. The predicted molar refractivity (Wildman–Crippen MR) is 103 cm³/mol. The first kappa shape index (κ1) is 18.9. The molecule has 0 N–H and O–H groups in total. The van der Waals surface area contributed by atoms with Crippen LogP contribution in [0.2, 0.25) is 5.02 Å². The number of carbonyl (C=O) groups is 1. The number of halogens is 1. The minimum absolute atomic E-state index is 0.105. The van der Waals surface area contributed by atoms with E-state index in [2.05, 4.69) is 0 Å². The number of carbonyl (C=O) groups excluding carboxylic acids is 1. The Balaban J connectivity index is 1.84. The van der Waals surface area contributed by atoms with Gasteiger partial charge < -0.3 is 4.90 Å². The van der Waals surface area contributed by atoms with E-state index in [0.29, 0.717) is 18.0 Å². The smallest absolute Gasteiger partial charge is 0.243 e. The Labute approximate surface area is 159 Å². The number of hydrogen-bond acceptors (Lipinski definition) is 3. The van der Waals surface area contributed by atoms with Crippen LogP contribution in [0.25, 0.3) is 0 Å². The molecule has 0 saturated carbocycles. The van der Waals surface area contributed by atoms with Gasteiger partial charge >= 0.3 is 0 Å². The van der Waals surface area contributed by atoms with E-state index in [1.165, 1.54) is 16.4 Å². The van der Waals surface area contributed by atoms with Crippen molar-refractivity contribution >= 4 is 33.2 Å². The molecule has 1 aliphatic rings. The Bertz CT molecular complexity index is 915. The SMILES string of the molecule is CCCN(CC(=O)N1CCc2ccccc21)S(=O)(=O)c1cccc(Cl)c1. The molecule has 0 unspecified atom stereocenters. The van der Waals surface area contributed by atoms with Crippen LogP contribution < -0.4 is 4.90 Å². The maximum Gasteiger partial charge on any atom is 0.243 e. The molecule has 26 heavy (non-hydrogen) atoms. The summed E-state index contributed by atoms with van der Waals surface area (Å²) >= 11 is 5.94. The average molecular weight is 393 g/mol. The van der Waals surface area contributed by atoms with Gasteiger partial charge in [0.05, 0.1) is 11.4 Å². The van der Waals surface area contributed by atoms with Crippen molar-refractivity contribution in [3.05, 3.63) is 59.1 Å². The van der Waals surface area contributed by atoms with Crippen LogP contribution in [0.1, 0.15) is 18.9 Å². The summed E-state index contributed by atoms with van der Waals surface area (Å²) in [7, 11) is -3.79. The summed E-state index contributed by atoms with van der Waals surface area (Å²) in [6.07, 6.45) is 1.40. The predicted octanol–water partition coefficient (Wildman–Crippen LogP) is 3.33. The van der Waals surface area contributed by atoms with Gasteiger partial charge in [-0.1, -0.05) is 42.8 Å². The molecule has 1 aliphatic heterocycles. The Morgan fingerprint density at radius 1 is 1.19 bits per heavy atom. The second kappa shape index (κ2) is 7.78. The molecule has 0 aromatic heterocycles. The highest BCUT2D eigenvalue weighted by atomic mass is 35.5. The van der Waals surface area contributed by atoms with E-state index in [-0.39, 0.29) is 23.9 Å². The summed E-state index contributed by atoms with van der Waals surface area (Å²) in [5.41, 5.74) is 1.98. The standard InChI is InChI=1S/C19H21ClN2O3S/c1-2-11-21(26(24,25)17-8-5-7-16(20)13-17)14-19(23)22-12-10-15-6-3-4-9-18(15)22/h3-9,13H,2,10-12,14H2,1H3. The van der Waals surface area contributed by atoms with Gasteiger partial charge in [-0.3, -0.25) is 4.79 Å². The molecule has 0 bridgehead atoms. The molecule has 0 fully saturated rings. The Hall–Kier alpha value is -1.89. The van der Waals surface area contributed by atoms with E-state index < -0.39 is 10.0 Å². The normalized spacial score (nSPS) is 13.9. The fourth-order valence-corrected chi connectivity index (χ4v) is 4.93. The van der Waals surface area contributed by atoms with Crippen molar-refractivity contribution in [3.8, 4) is 0 Å². The zero-order chi connectivity index (χ0) is 18.7. The van der Waals surface area contributed by atoms with Gasteiger partial charge in [0.1, 0.15) is 0 Å². The maximum absolute atomic E-state index is 13.0. The van der Waals surface area contributed by atoms with Crippen LogP contribution in [0.4, 0.5) is 5.69 Å². The molecular weight excluding hydrogens is 372 g/mol. The van der Waals surface area contributed by atoms with Crippen LogP contribution in [-0.4, -0.2) is 38.3 Å². The topological polar surface area (TPSA) is 57.7 Å². The molecule has 1 amide bonds. The number of amides is 1. The first-order chi connectivity index (χ1) is 12.4. The van der Waals surface area contributed by atoms with Crippen LogP contribution in [0.3, 0.4) is 0 Å². The largest absolute Gasteiger partial charge is 0.311 e. The summed E-state index contributed by atoms with van der Waals surface area (Å²) in [6.45, 7) is 2.55. The van der Waals surface area contributed by atoms with E-state index in [9.17, 15) is 13.2 Å². The summed E-state index contributed by atoms with van der Waals surface area (Å²) in [4.78, 5) is 14.6. The summed E-state index contributed by atoms with van der Waals surface area (Å²) in [5, 5.41) is 0.349. The van der Waals surface area contributed by atoms with Gasteiger partial charge in [-0.05, 0) is 42.7 Å². The fourth-order valence-electron chi connectivity index (χ4n) is 3.14. The lowest BCUT2D eigenvalue weighted by Gasteiger charge is -2.25. The highest BCUT2D eigenvalue weighted by Crippen LogP contribution is 2.28. The third-order valence-electron chi connectivity index (χ3n) is 4.41. The third-order valence-corrected chi connectivity index (χ3v) is 6.48. The minimum Gasteiger partial charge on any atom is -0.311 e. The summed E-state index contributed by atoms with van der Waals surface area (Å²) < 4.78 is 27.2. The maximum atomic E-state index is 13.0. The molecular formula is C19H21ClN2O3S. The van der Waals surface area contributed by atoms with E-state index in [1.807, 2.05) is 31.2 Å². The molecule has 0 atom stereocenters. The molecule has 0 radical (unpaired) electrons. The summed E-state index contributed by atoms with van der Waals surface area (Å²) in [6, 6.07) is 13.9. The number of nitrogens with zero attached hydrogens (tertiary/aromatic N) is 2. The number of rotatable bonds is 6. The molecule has 7 heteroatoms. The first-order valence-corrected chi connectivity index (χ1v) is 10.4. The number of benzene rings is 2. The van der Waals surface area contributed by atoms with Gasteiger partial charge in [0, 0.05) is 23.8 Å². The van der Waals surface area contributed by atoms with Gasteiger partial charge in [-0.2, -0.15) is 4.31 Å². The van der Waals surface area contributed by atoms with E-state index in [1.54, 1.807) is 17.0 Å². The lowest BCUT2D eigenvalue weighted by Crippen LogP contribution is -2.42. The third kappa shape index (κ3) is 3.77. The highest BCUT2D eigenvalue weighted by molar-refractivity contribution is 7.89. The van der Waals surface area contributed by atoms with Crippen LogP contribution in [0.15, 0.2) is 53.4 Å². The van der Waals surface area contributed by atoms with Crippen molar-refractivity contribution < 1.29 is 13.2 Å². The quantitative estimate of drug-likeness (QED) is 0.757. The zero-order valence-electron chi connectivity index (χ0n) is 14.6.